The Balaban J connectivity index is 1.80. The van der Waals surface area contributed by atoms with Gasteiger partial charge in [0.1, 0.15) is 0 Å². The summed E-state index contributed by atoms with van der Waals surface area (Å²) in [7, 11) is 0. The lowest BCUT2D eigenvalue weighted by atomic mass is 10.1. The van der Waals surface area contributed by atoms with E-state index >= 15 is 0 Å². The molecule has 2 saturated heterocycles. The second-order valence-electron chi connectivity index (χ2n) is 5.42. The molecule has 1 amide bonds. The first-order chi connectivity index (χ1) is 8.20. The predicted octanol–water partition coefficient (Wildman–Crippen LogP) is 0.811. The maximum absolute atomic E-state index is 12.1. The minimum absolute atomic E-state index is 0.0501. The van der Waals surface area contributed by atoms with Crippen LogP contribution in [0.25, 0.3) is 0 Å². The van der Waals surface area contributed by atoms with Gasteiger partial charge in [-0.25, -0.2) is 0 Å². The topological polar surface area (TPSA) is 49.6 Å². The zero-order chi connectivity index (χ0) is 12.3. The van der Waals surface area contributed by atoms with E-state index in [9.17, 15) is 4.79 Å². The molecule has 0 aromatic carbocycles. The quantitative estimate of drug-likeness (QED) is 0.790. The molecule has 98 valence electrons. The fourth-order valence-corrected chi connectivity index (χ4v) is 3.04. The van der Waals surface area contributed by atoms with E-state index in [2.05, 4.69) is 11.8 Å². The highest BCUT2D eigenvalue weighted by molar-refractivity contribution is 5.77. The summed E-state index contributed by atoms with van der Waals surface area (Å²) in [6, 6.07) is 0.671. The second kappa shape index (κ2) is 5.83. The van der Waals surface area contributed by atoms with Gasteiger partial charge in [-0.2, -0.15) is 0 Å². The third kappa shape index (κ3) is 3.19. The average Bonchev–Trinajstić information content (AvgIpc) is 2.75. The molecule has 0 radical (unpaired) electrons. The van der Waals surface area contributed by atoms with Gasteiger partial charge < -0.3 is 10.6 Å². The van der Waals surface area contributed by atoms with Crippen LogP contribution in [-0.4, -0.2) is 54.0 Å². The van der Waals surface area contributed by atoms with Gasteiger partial charge in [-0.3, -0.25) is 9.69 Å². The Hall–Kier alpha value is -0.610. The fraction of sp³-hybridized carbons (Fsp3) is 0.923. The van der Waals surface area contributed by atoms with Crippen molar-refractivity contribution in [2.45, 2.75) is 51.1 Å². The van der Waals surface area contributed by atoms with Gasteiger partial charge in [0.2, 0.25) is 5.91 Å². The molecule has 4 heteroatoms. The first-order valence-electron chi connectivity index (χ1n) is 6.98. The molecule has 2 rings (SSSR count). The third-order valence-electron chi connectivity index (χ3n) is 4.04. The lowest BCUT2D eigenvalue weighted by Crippen LogP contribution is -2.52. The molecule has 2 aliphatic rings. The van der Waals surface area contributed by atoms with Gasteiger partial charge in [-0.05, 0) is 25.8 Å². The Kier molecular flexibility index (Phi) is 4.40. The Morgan fingerprint density at radius 3 is 3.00 bits per heavy atom. The summed E-state index contributed by atoms with van der Waals surface area (Å²) in [5.74, 6) is 0.262. The second-order valence-corrected chi connectivity index (χ2v) is 5.42. The number of carbonyl (C=O) groups is 1. The van der Waals surface area contributed by atoms with E-state index in [1.54, 1.807) is 0 Å². The van der Waals surface area contributed by atoms with Crippen LogP contribution in [0.4, 0.5) is 0 Å². The van der Waals surface area contributed by atoms with Crippen molar-refractivity contribution in [3.05, 3.63) is 0 Å². The highest BCUT2D eigenvalue weighted by atomic mass is 16.2. The fourth-order valence-electron chi connectivity index (χ4n) is 3.04. The molecular formula is C13H25N3O. The van der Waals surface area contributed by atoms with Crippen molar-refractivity contribution in [2.75, 3.05) is 26.2 Å². The summed E-state index contributed by atoms with van der Waals surface area (Å²) in [6.45, 7) is 6.22. The molecule has 0 bridgehead atoms. The molecular weight excluding hydrogens is 214 g/mol. The number of hydrogen-bond acceptors (Lipinski definition) is 3. The van der Waals surface area contributed by atoms with Crippen molar-refractivity contribution in [3.63, 3.8) is 0 Å². The molecule has 17 heavy (non-hydrogen) atoms. The minimum Gasteiger partial charge on any atom is -0.340 e. The van der Waals surface area contributed by atoms with Gasteiger partial charge in [0, 0.05) is 38.1 Å². The van der Waals surface area contributed by atoms with Gasteiger partial charge >= 0.3 is 0 Å². The molecule has 0 aromatic heterocycles. The normalized spacial score (nSPS) is 26.9. The summed E-state index contributed by atoms with van der Waals surface area (Å²) < 4.78 is 0. The maximum atomic E-state index is 12.1. The van der Waals surface area contributed by atoms with Gasteiger partial charge in [0.25, 0.3) is 0 Å². The summed E-state index contributed by atoms with van der Waals surface area (Å²) in [5, 5.41) is 0. The zero-order valence-corrected chi connectivity index (χ0v) is 10.9. The van der Waals surface area contributed by atoms with Crippen molar-refractivity contribution in [3.8, 4) is 0 Å². The number of rotatable bonds is 4. The van der Waals surface area contributed by atoms with Crippen LogP contribution in [0.1, 0.15) is 39.0 Å². The molecule has 2 N–H and O–H groups in total. The van der Waals surface area contributed by atoms with E-state index in [0.29, 0.717) is 12.5 Å². The summed E-state index contributed by atoms with van der Waals surface area (Å²) in [4.78, 5) is 16.7. The molecule has 2 unspecified atom stereocenters. The minimum atomic E-state index is 0.0501. The van der Waals surface area contributed by atoms with E-state index in [1.807, 2.05) is 4.90 Å². The van der Waals surface area contributed by atoms with Crippen LogP contribution in [0.5, 0.6) is 0 Å². The number of amides is 1. The maximum Gasteiger partial charge on any atom is 0.224 e. The van der Waals surface area contributed by atoms with Gasteiger partial charge in [0.05, 0.1) is 0 Å². The first-order valence-corrected chi connectivity index (χ1v) is 6.98. The van der Waals surface area contributed by atoms with Gasteiger partial charge in [-0.1, -0.05) is 13.3 Å². The summed E-state index contributed by atoms with van der Waals surface area (Å²) in [5.41, 5.74) is 5.94. The monoisotopic (exact) mass is 239 g/mol. The van der Waals surface area contributed by atoms with E-state index < -0.39 is 0 Å². The molecule has 0 spiro atoms. The van der Waals surface area contributed by atoms with E-state index in [4.69, 9.17) is 5.73 Å². The predicted molar refractivity (Wildman–Crippen MR) is 68.7 cm³/mol. The molecule has 2 aliphatic heterocycles. The van der Waals surface area contributed by atoms with Crippen LogP contribution < -0.4 is 5.73 Å². The Labute approximate surface area is 104 Å². The van der Waals surface area contributed by atoms with Crippen molar-refractivity contribution >= 4 is 5.91 Å². The number of hydrogen-bond donors (Lipinski definition) is 1. The highest BCUT2D eigenvalue weighted by Crippen LogP contribution is 2.21. The van der Waals surface area contributed by atoms with Gasteiger partial charge in [-0.15, -0.1) is 0 Å². The molecule has 2 fully saturated rings. The zero-order valence-electron chi connectivity index (χ0n) is 10.9. The van der Waals surface area contributed by atoms with Crippen molar-refractivity contribution < 1.29 is 4.79 Å². The third-order valence-corrected chi connectivity index (χ3v) is 4.04. The van der Waals surface area contributed by atoms with E-state index in [0.717, 1.165) is 32.5 Å². The lowest BCUT2D eigenvalue weighted by Gasteiger charge is -2.37. The number of carbonyl (C=O) groups excluding carboxylic acids is 1. The van der Waals surface area contributed by atoms with E-state index in [1.165, 1.54) is 19.4 Å². The van der Waals surface area contributed by atoms with Crippen LogP contribution in [0, 0.1) is 0 Å². The molecule has 2 heterocycles. The van der Waals surface area contributed by atoms with Crippen LogP contribution in [0.15, 0.2) is 0 Å². The van der Waals surface area contributed by atoms with Gasteiger partial charge in [0.15, 0.2) is 0 Å². The molecule has 0 aromatic rings. The Morgan fingerprint density at radius 2 is 2.24 bits per heavy atom. The van der Waals surface area contributed by atoms with Crippen molar-refractivity contribution in [1.82, 2.24) is 9.80 Å². The van der Waals surface area contributed by atoms with Crippen molar-refractivity contribution in [1.29, 1.82) is 0 Å². The smallest absolute Gasteiger partial charge is 0.224 e. The molecule has 4 nitrogen and oxygen atoms in total. The number of fused-ring (bicyclic) bond motifs is 1. The standard InChI is InChI=1S/C13H25N3O/c1-2-4-11(14)9-13(17)16-8-7-15-6-3-5-12(15)10-16/h11-12H,2-10,14H2,1H3. The largest absolute Gasteiger partial charge is 0.340 e. The summed E-state index contributed by atoms with van der Waals surface area (Å²) >= 11 is 0. The van der Waals surface area contributed by atoms with Crippen LogP contribution in [0.3, 0.4) is 0 Å². The van der Waals surface area contributed by atoms with Crippen molar-refractivity contribution in [2.24, 2.45) is 5.73 Å². The number of piperazine rings is 1. The first kappa shape index (κ1) is 12.8. The molecule has 0 aliphatic carbocycles. The number of nitrogens with two attached hydrogens (primary N) is 1. The molecule has 0 saturated carbocycles. The number of nitrogens with zero attached hydrogens (tertiary/aromatic N) is 2. The summed E-state index contributed by atoms with van der Waals surface area (Å²) in [6.07, 6.45) is 5.09. The highest BCUT2D eigenvalue weighted by Gasteiger charge is 2.32. The SMILES string of the molecule is CCCC(N)CC(=O)N1CCN2CCCC2C1. The van der Waals surface area contributed by atoms with Crippen LogP contribution in [-0.2, 0) is 4.79 Å². The average molecular weight is 239 g/mol. The Morgan fingerprint density at radius 1 is 1.41 bits per heavy atom. The molecule has 2 atom stereocenters. The van der Waals surface area contributed by atoms with Crippen LogP contribution >= 0.6 is 0 Å². The van der Waals surface area contributed by atoms with E-state index in [-0.39, 0.29) is 11.9 Å². The lowest BCUT2D eigenvalue weighted by molar-refractivity contribution is -0.134. The Bertz CT molecular complexity index is 269. The van der Waals surface area contributed by atoms with Crippen LogP contribution in [0.2, 0.25) is 0 Å².